The molecule has 3 fully saturated rings. The quantitative estimate of drug-likeness (QED) is 0.0459. The molecule has 5 aliphatic rings. The van der Waals surface area contributed by atoms with Crippen molar-refractivity contribution in [3.05, 3.63) is 99.9 Å². The van der Waals surface area contributed by atoms with Crippen molar-refractivity contribution in [2.24, 2.45) is 5.92 Å². The fourth-order valence-electron chi connectivity index (χ4n) is 11.0. The number of benzene rings is 2. The van der Waals surface area contributed by atoms with E-state index in [1.54, 1.807) is 26.4 Å². The maximum absolute atomic E-state index is 13.7. The SMILES string of the molecule is COCCOCCN1C(=CC=C2CCC(=CC=C3N(CCOCCOC)c4ccc(S(=O)(=O)O)cc4C3(C)C)C2=[N+]2CCC(C(=O)CCCCCCC(=O)ON3C(=O)CCC3=O)CC2)C(C)(C)c2cc(C)ccc21. The fraction of sp³-hybridized carbons (Fsp3) is 0.561. The largest absolute Gasteiger partial charge is 0.382 e. The lowest BCUT2D eigenvalue weighted by Crippen LogP contribution is -2.34. The van der Waals surface area contributed by atoms with Gasteiger partial charge in [0, 0.05) is 116 Å². The molecule has 0 atom stereocenters. The predicted molar refractivity (Wildman–Crippen MR) is 283 cm³/mol. The molecular weight excluding hydrogens is 965 g/mol. The molecule has 0 radical (unpaired) electrons. The highest BCUT2D eigenvalue weighted by Gasteiger charge is 2.43. The molecule has 402 valence electrons. The number of ketones is 1. The van der Waals surface area contributed by atoms with E-state index in [9.17, 15) is 32.1 Å². The summed E-state index contributed by atoms with van der Waals surface area (Å²) in [6.45, 7) is 16.4. The standard InChI is InChI=1S/C57H76N4O12S/c1-40-14-20-47-45(38-40)56(2,3)50(59(47)30-32-71-36-34-69-6)22-17-42-15-16-43(18-23-51-57(4,5)46-39-44(74(66,67)68)19-21-48(46)60(51)31-33-72-37-35-70-7)55(42)58-28-26-41(27-29-58)49(62)12-10-8-9-11-13-54(65)73-61-52(63)24-25-53(61)64/h14,17-23,38-39,41H,8-13,15-16,24-37H2,1-7H3/p+1. The lowest BCUT2D eigenvalue weighted by molar-refractivity contribution is -0.538. The highest BCUT2D eigenvalue weighted by molar-refractivity contribution is 7.85. The Bertz CT molecular complexity index is 2670. The maximum Gasteiger partial charge on any atom is 0.333 e. The third-order valence-electron chi connectivity index (χ3n) is 15.2. The first kappa shape index (κ1) is 56.4. The smallest absolute Gasteiger partial charge is 0.333 e. The van der Waals surface area contributed by atoms with Crippen LogP contribution in [0.3, 0.4) is 0 Å². The normalized spacial score (nSPS) is 21.6. The van der Waals surface area contributed by atoms with Gasteiger partial charge in [-0.3, -0.25) is 18.9 Å². The summed E-state index contributed by atoms with van der Waals surface area (Å²) in [6.07, 6.45) is 15.6. The number of Topliss-reactive ketones (excluding diaryl/α,β-unsaturated/α-hetero) is 1. The number of anilines is 2. The van der Waals surface area contributed by atoms with E-state index in [4.69, 9.17) is 23.8 Å². The van der Waals surface area contributed by atoms with E-state index in [0.717, 1.165) is 75.0 Å². The lowest BCUT2D eigenvalue weighted by atomic mass is 9.83. The Hall–Kier alpha value is -5.30. The second-order valence-electron chi connectivity index (χ2n) is 21.0. The molecule has 1 N–H and O–H groups in total. The minimum atomic E-state index is -4.44. The molecule has 2 saturated heterocycles. The number of methoxy groups -OCH3 is 2. The van der Waals surface area contributed by atoms with Gasteiger partial charge in [0.1, 0.15) is 18.9 Å². The van der Waals surface area contributed by atoms with Crippen molar-refractivity contribution in [2.45, 2.75) is 127 Å². The van der Waals surface area contributed by atoms with Gasteiger partial charge in [-0.05, 0) is 80.2 Å². The monoisotopic (exact) mass is 1040 g/mol. The first-order valence-corrected chi connectivity index (χ1v) is 27.8. The van der Waals surface area contributed by atoms with Crippen LogP contribution in [-0.4, -0.2) is 132 Å². The number of hydroxylamine groups is 2. The Balaban J connectivity index is 1.14. The molecule has 16 nitrogen and oxygen atoms in total. The molecule has 74 heavy (non-hydrogen) atoms. The van der Waals surface area contributed by atoms with Gasteiger partial charge in [0.2, 0.25) is 5.71 Å². The highest BCUT2D eigenvalue weighted by atomic mass is 32.2. The number of imide groups is 1. The second-order valence-corrected chi connectivity index (χ2v) is 22.4. The number of amides is 2. The Morgan fingerprint density at radius 2 is 1.20 bits per heavy atom. The van der Waals surface area contributed by atoms with E-state index >= 15 is 0 Å². The molecule has 0 bridgehead atoms. The fourth-order valence-corrected chi connectivity index (χ4v) is 11.6. The summed E-state index contributed by atoms with van der Waals surface area (Å²) in [5, 5.41) is 0.580. The van der Waals surface area contributed by atoms with Crippen LogP contribution in [0.25, 0.3) is 0 Å². The van der Waals surface area contributed by atoms with Gasteiger partial charge in [-0.1, -0.05) is 70.4 Å². The number of piperidine rings is 1. The number of carbonyl (C=O) groups excluding carboxylic acids is 4. The average Bonchev–Trinajstić information content (AvgIpc) is 4.04. The zero-order valence-electron chi connectivity index (χ0n) is 44.5. The van der Waals surface area contributed by atoms with Crippen LogP contribution in [0.2, 0.25) is 0 Å². The van der Waals surface area contributed by atoms with E-state index in [-0.39, 0.29) is 41.3 Å². The molecule has 4 aliphatic heterocycles. The van der Waals surface area contributed by atoms with Crippen molar-refractivity contribution in [1.29, 1.82) is 0 Å². The summed E-state index contributed by atoms with van der Waals surface area (Å²) in [4.78, 5) is 58.9. The van der Waals surface area contributed by atoms with Gasteiger partial charge in [0.25, 0.3) is 21.9 Å². The first-order chi connectivity index (χ1) is 35.4. The molecule has 0 unspecified atom stereocenters. The van der Waals surface area contributed by atoms with Crippen molar-refractivity contribution in [1.82, 2.24) is 5.06 Å². The van der Waals surface area contributed by atoms with E-state index in [1.165, 1.54) is 45.4 Å². The van der Waals surface area contributed by atoms with Crippen LogP contribution in [0, 0.1) is 12.8 Å². The molecule has 2 aromatic rings. The van der Waals surface area contributed by atoms with Gasteiger partial charge in [0.05, 0.1) is 44.5 Å². The van der Waals surface area contributed by atoms with Gasteiger partial charge in [0.15, 0.2) is 0 Å². The van der Waals surface area contributed by atoms with Crippen molar-refractivity contribution in [3.8, 4) is 0 Å². The van der Waals surface area contributed by atoms with Crippen molar-refractivity contribution >= 4 is 50.8 Å². The van der Waals surface area contributed by atoms with E-state index < -0.39 is 33.3 Å². The van der Waals surface area contributed by atoms with Crippen LogP contribution in [0.1, 0.15) is 121 Å². The minimum Gasteiger partial charge on any atom is -0.382 e. The molecule has 0 aromatic heterocycles. The Morgan fingerprint density at radius 1 is 0.689 bits per heavy atom. The van der Waals surface area contributed by atoms with Crippen LogP contribution in [0.15, 0.2) is 88.1 Å². The summed E-state index contributed by atoms with van der Waals surface area (Å²) in [5.74, 6) is -1.36. The van der Waals surface area contributed by atoms with Crippen molar-refractivity contribution in [3.63, 3.8) is 0 Å². The number of ether oxygens (including phenoxy) is 4. The number of hydrogen-bond acceptors (Lipinski definition) is 13. The van der Waals surface area contributed by atoms with Crippen molar-refractivity contribution in [2.75, 3.05) is 89.8 Å². The molecular formula is C57H77N4O12S+. The number of rotatable bonds is 24. The van der Waals surface area contributed by atoms with E-state index in [0.29, 0.717) is 70.6 Å². The number of carbonyl (C=O) groups is 4. The summed E-state index contributed by atoms with van der Waals surface area (Å²) >= 11 is 0. The van der Waals surface area contributed by atoms with Gasteiger partial charge >= 0.3 is 5.97 Å². The van der Waals surface area contributed by atoms with Crippen LogP contribution < -0.4 is 9.80 Å². The van der Waals surface area contributed by atoms with Crippen LogP contribution in [0.4, 0.5) is 11.4 Å². The Kier molecular flexibility index (Phi) is 19.1. The van der Waals surface area contributed by atoms with Gasteiger partial charge in [-0.25, -0.2) is 9.37 Å². The van der Waals surface area contributed by atoms with Crippen LogP contribution >= 0.6 is 0 Å². The Morgan fingerprint density at radius 3 is 1.73 bits per heavy atom. The zero-order valence-corrected chi connectivity index (χ0v) is 45.4. The molecule has 2 aromatic carbocycles. The number of nitrogens with zero attached hydrogens (tertiary/aromatic N) is 4. The molecule has 1 saturated carbocycles. The van der Waals surface area contributed by atoms with Gasteiger partial charge < -0.3 is 33.6 Å². The molecule has 17 heteroatoms. The first-order valence-electron chi connectivity index (χ1n) is 26.3. The highest BCUT2D eigenvalue weighted by Crippen LogP contribution is 2.50. The molecule has 4 heterocycles. The number of aryl methyl sites for hydroxylation is 1. The molecule has 7 rings (SSSR count). The van der Waals surface area contributed by atoms with E-state index in [1.807, 2.05) is 0 Å². The molecule has 2 amide bonds. The summed E-state index contributed by atoms with van der Waals surface area (Å²) in [5.41, 5.74) is 10.2. The Labute approximate surface area is 437 Å². The number of unbranched alkanes of at least 4 members (excludes halogenated alkanes) is 3. The van der Waals surface area contributed by atoms with Crippen LogP contribution in [0.5, 0.6) is 0 Å². The average molecular weight is 1040 g/mol. The van der Waals surface area contributed by atoms with Gasteiger partial charge in [-0.15, -0.1) is 5.06 Å². The second kappa shape index (κ2) is 25.0. The predicted octanol–water partition coefficient (Wildman–Crippen LogP) is 8.26. The lowest BCUT2D eigenvalue weighted by Gasteiger charge is -2.27. The third-order valence-corrected chi connectivity index (χ3v) is 16.0. The topological polar surface area (TPSA) is 182 Å². The maximum atomic E-state index is 13.7. The number of fused-ring (bicyclic) bond motifs is 2. The number of allylic oxidation sites excluding steroid dienone is 8. The minimum absolute atomic E-state index is 0.0474. The van der Waals surface area contributed by atoms with Crippen molar-refractivity contribution < 1.29 is 60.5 Å². The summed E-state index contributed by atoms with van der Waals surface area (Å²) in [6, 6.07) is 11.5. The van der Waals surface area contributed by atoms with Crippen LogP contribution in [-0.2, 0) is 63.9 Å². The third kappa shape index (κ3) is 13.2. The summed E-state index contributed by atoms with van der Waals surface area (Å²) in [7, 11) is -1.13. The zero-order chi connectivity index (χ0) is 53.2. The van der Waals surface area contributed by atoms with E-state index in [2.05, 4.69) is 91.5 Å². The van der Waals surface area contributed by atoms with Gasteiger partial charge in [-0.2, -0.15) is 8.42 Å². The molecule has 1 aliphatic carbocycles. The molecule has 0 spiro atoms. The summed E-state index contributed by atoms with van der Waals surface area (Å²) < 4.78 is 59.6. The number of hydrogen-bond donors (Lipinski definition) is 1.